The Morgan fingerprint density at radius 3 is 2.50 bits per heavy atom. The van der Waals surface area contributed by atoms with Gasteiger partial charge in [-0.15, -0.1) is 0 Å². The minimum Gasteiger partial charge on any atom is -0.392 e. The quantitative estimate of drug-likeness (QED) is 0.540. The molecule has 1 saturated heterocycles. The number of halogens is 2. The average molecular weight is 226 g/mol. The highest BCUT2D eigenvalue weighted by atomic mass is 19.1. The second-order valence-electron chi connectivity index (χ2n) is 3.89. The fourth-order valence-electron chi connectivity index (χ4n) is 1.76. The molecule has 0 aliphatic carbocycles. The molecule has 0 aromatic heterocycles. The number of carbonyl (C=O) groups excluding carboxylic acids is 2. The Balaban J connectivity index is 2.51. The third kappa shape index (κ3) is 1.48. The number of hydrogen-bond donors (Lipinski definition) is 0. The van der Waals surface area contributed by atoms with Crippen LogP contribution in [0.2, 0.25) is 0 Å². The predicted octanol–water partition coefficient (Wildman–Crippen LogP) is 1.70. The van der Waals surface area contributed by atoms with Gasteiger partial charge in [0.2, 0.25) is 0 Å². The van der Waals surface area contributed by atoms with Crippen LogP contribution >= 0.6 is 0 Å². The van der Waals surface area contributed by atoms with E-state index in [1.165, 1.54) is 6.92 Å². The summed E-state index contributed by atoms with van der Waals surface area (Å²) in [7, 11) is 0. The minimum absolute atomic E-state index is 0.0234. The molecule has 0 radical (unpaired) electrons. The van der Waals surface area contributed by atoms with Gasteiger partial charge in [0.25, 0.3) is 0 Å². The van der Waals surface area contributed by atoms with E-state index in [1.807, 2.05) is 0 Å². The van der Waals surface area contributed by atoms with Crippen LogP contribution in [0.4, 0.5) is 8.78 Å². The van der Waals surface area contributed by atoms with Crippen molar-refractivity contribution >= 4 is 11.9 Å². The van der Waals surface area contributed by atoms with Gasteiger partial charge in [-0.2, -0.15) is 0 Å². The average Bonchev–Trinajstić information content (AvgIpc) is 2.40. The van der Waals surface area contributed by atoms with Gasteiger partial charge in [0.15, 0.2) is 0 Å². The van der Waals surface area contributed by atoms with E-state index in [9.17, 15) is 18.4 Å². The number of hydrogen-bond acceptors (Lipinski definition) is 3. The van der Waals surface area contributed by atoms with Crippen LogP contribution in [-0.4, -0.2) is 11.9 Å². The lowest BCUT2D eigenvalue weighted by molar-refractivity contribution is -0.153. The molecule has 1 atom stereocenters. The van der Waals surface area contributed by atoms with Gasteiger partial charge in [-0.25, -0.2) is 8.78 Å². The first-order chi connectivity index (χ1) is 7.43. The highest BCUT2D eigenvalue weighted by Gasteiger charge is 2.48. The van der Waals surface area contributed by atoms with Crippen LogP contribution in [0.25, 0.3) is 0 Å². The molecular formula is C11H8F2O3. The highest BCUT2D eigenvalue weighted by molar-refractivity contribution is 6.00. The van der Waals surface area contributed by atoms with E-state index in [0.29, 0.717) is 6.07 Å². The Morgan fingerprint density at radius 2 is 2.00 bits per heavy atom. The molecule has 0 bridgehead atoms. The summed E-state index contributed by atoms with van der Waals surface area (Å²) >= 11 is 0. The zero-order chi connectivity index (χ0) is 11.9. The number of esters is 2. The Hall–Kier alpha value is -1.78. The van der Waals surface area contributed by atoms with Gasteiger partial charge >= 0.3 is 11.9 Å². The van der Waals surface area contributed by atoms with E-state index < -0.39 is 29.0 Å². The number of ether oxygens (including phenoxy) is 1. The van der Waals surface area contributed by atoms with Crippen molar-refractivity contribution in [3.8, 4) is 0 Å². The summed E-state index contributed by atoms with van der Waals surface area (Å²) in [5.41, 5.74) is -1.38. The molecule has 2 rings (SSSR count). The van der Waals surface area contributed by atoms with Gasteiger partial charge in [0.05, 0.1) is 6.42 Å². The molecule has 0 amide bonds. The van der Waals surface area contributed by atoms with Crippen molar-refractivity contribution in [1.82, 2.24) is 0 Å². The van der Waals surface area contributed by atoms with Gasteiger partial charge in [0.1, 0.15) is 17.0 Å². The van der Waals surface area contributed by atoms with Crippen molar-refractivity contribution < 1.29 is 23.1 Å². The fourth-order valence-corrected chi connectivity index (χ4v) is 1.76. The van der Waals surface area contributed by atoms with Crippen molar-refractivity contribution in [1.29, 1.82) is 0 Å². The van der Waals surface area contributed by atoms with E-state index in [0.717, 1.165) is 12.1 Å². The zero-order valence-corrected chi connectivity index (χ0v) is 8.42. The van der Waals surface area contributed by atoms with E-state index in [4.69, 9.17) is 0 Å². The molecule has 1 heterocycles. The summed E-state index contributed by atoms with van der Waals surface area (Å²) in [5, 5.41) is 0. The number of benzene rings is 1. The summed E-state index contributed by atoms with van der Waals surface area (Å²) in [6.07, 6.45) is -0.228. The lowest BCUT2D eigenvalue weighted by atomic mass is 9.81. The van der Waals surface area contributed by atoms with Crippen LogP contribution in [0.1, 0.15) is 18.9 Å². The second-order valence-corrected chi connectivity index (χ2v) is 3.89. The molecule has 3 nitrogen and oxygen atoms in total. The monoisotopic (exact) mass is 226 g/mol. The Bertz CT molecular complexity index is 484. The number of rotatable bonds is 1. The van der Waals surface area contributed by atoms with Gasteiger partial charge in [-0.05, 0) is 13.0 Å². The fraction of sp³-hybridized carbons (Fsp3) is 0.273. The molecule has 0 saturated carbocycles. The van der Waals surface area contributed by atoms with Crippen LogP contribution in [0.15, 0.2) is 18.2 Å². The maximum Gasteiger partial charge on any atom is 0.324 e. The third-order valence-electron chi connectivity index (χ3n) is 2.68. The van der Waals surface area contributed by atoms with E-state index >= 15 is 0 Å². The summed E-state index contributed by atoms with van der Waals surface area (Å²) in [5.74, 6) is -3.09. The molecule has 84 valence electrons. The molecule has 0 spiro atoms. The van der Waals surface area contributed by atoms with Gasteiger partial charge in [-0.1, -0.05) is 6.07 Å². The Morgan fingerprint density at radius 1 is 1.31 bits per heavy atom. The van der Waals surface area contributed by atoms with E-state index in [2.05, 4.69) is 4.74 Å². The van der Waals surface area contributed by atoms with Crippen LogP contribution in [0.5, 0.6) is 0 Å². The molecule has 0 N–H and O–H groups in total. The van der Waals surface area contributed by atoms with Crippen LogP contribution in [-0.2, 0) is 19.7 Å². The summed E-state index contributed by atoms with van der Waals surface area (Å²) in [6, 6.07) is 2.88. The smallest absolute Gasteiger partial charge is 0.324 e. The lowest BCUT2D eigenvalue weighted by Gasteiger charge is -2.18. The van der Waals surface area contributed by atoms with Crippen molar-refractivity contribution in [2.75, 3.05) is 0 Å². The maximum absolute atomic E-state index is 13.5. The minimum atomic E-state index is -1.35. The lowest BCUT2D eigenvalue weighted by Crippen LogP contribution is -2.28. The summed E-state index contributed by atoms with van der Waals surface area (Å²) in [6.45, 7) is 1.40. The van der Waals surface area contributed by atoms with Crippen LogP contribution in [0, 0.1) is 11.6 Å². The molecule has 1 fully saturated rings. The molecule has 1 aliphatic rings. The zero-order valence-electron chi connectivity index (χ0n) is 8.42. The standard InChI is InChI=1S/C11H8F2O3/c1-11(5-9(14)16-10(11)15)7-3-2-6(12)4-8(7)13/h2-4H,5H2,1H3. The largest absolute Gasteiger partial charge is 0.392 e. The third-order valence-corrected chi connectivity index (χ3v) is 2.68. The van der Waals surface area contributed by atoms with Crippen molar-refractivity contribution in [3.05, 3.63) is 35.4 Å². The van der Waals surface area contributed by atoms with E-state index in [-0.39, 0.29) is 12.0 Å². The SMILES string of the molecule is CC1(c2ccc(F)cc2F)CC(=O)OC1=O. The topological polar surface area (TPSA) is 43.4 Å². The van der Waals surface area contributed by atoms with E-state index in [1.54, 1.807) is 0 Å². The molecule has 5 heteroatoms. The first kappa shape index (κ1) is 10.7. The predicted molar refractivity (Wildman–Crippen MR) is 49.4 cm³/mol. The number of carbonyl (C=O) groups is 2. The summed E-state index contributed by atoms with van der Waals surface area (Å²) in [4.78, 5) is 22.4. The number of cyclic esters (lactones) is 2. The first-order valence-corrected chi connectivity index (χ1v) is 4.64. The molecule has 1 aromatic rings. The molecule has 16 heavy (non-hydrogen) atoms. The normalized spacial score (nSPS) is 24.7. The first-order valence-electron chi connectivity index (χ1n) is 4.64. The van der Waals surface area contributed by atoms with Crippen LogP contribution < -0.4 is 0 Å². The molecule has 1 unspecified atom stereocenters. The van der Waals surface area contributed by atoms with Gasteiger partial charge < -0.3 is 4.74 Å². The van der Waals surface area contributed by atoms with Crippen molar-refractivity contribution in [3.63, 3.8) is 0 Å². The molecule has 1 aliphatic heterocycles. The van der Waals surface area contributed by atoms with Gasteiger partial charge in [-0.3, -0.25) is 9.59 Å². The van der Waals surface area contributed by atoms with Crippen molar-refractivity contribution in [2.24, 2.45) is 0 Å². The van der Waals surface area contributed by atoms with Gasteiger partial charge in [0, 0.05) is 11.6 Å². The van der Waals surface area contributed by atoms with Crippen LogP contribution in [0.3, 0.4) is 0 Å². The molecular weight excluding hydrogens is 218 g/mol. The second kappa shape index (κ2) is 3.37. The Labute approximate surface area is 90.0 Å². The van der Waals surface area contributed by atoms with Crippen molar-refractivity contribution in [2.45, 2.75) is 18.8 Å². The Kier molecular flexibility index (Phi) is 2.26. The maximum atomic E-state index is 13.5. The molecule has 1 aromatic carbocycles. The highest BCUT2D eigenvalue weighted by Crippen LogP contribution is 2.36. The summed E-state index contributed by atoms with van der Waals surface area (Å²) < 4.78 is 30.6.